The van der Waals surface area contributed by atoms with Crippen molar-refractivity contribution in [1.29, 1.82) is 0 Å². The molecule has 10 heteroatoms. The van der Waals surface area contributed by atoms with E-state index in [0.717, 1.165) is 17.8 Å². The Morgan fingerprint density at radius 1 is 1.03 bits per heavy atom. The summed E-state index contributed by atoms with van der Waals surface area (Å²) in [5.74, 6) is -3.34. The van der Waals surface area contributed by atoms with Gasteiger partial charge in [0.2, 0.25) is 5.43 Å². The quantitative estimate of drug-likeness (QED) is 0.394. The molecule has 3 N–H and O–H groups in total. The van der Waals surface area contributed by atoms with E-state index in [0.29, 0.717) is 6.07 Å². The Bertz CT molecular complexity index is 1210. The van der Waals surface area contributed by atoms with Crippen molar-refractivity contribution in [2.75, 3.05) is 20.3 Å². The molecule has 0 radical (unpaired) electrons. The number of carbonyl (C=O) groups is 2. The van der Waals surface area contributed by atoms with Crippen LogP contribution in [0, 0.1) is 11.6 Å². The number of aromatic nitrogens is 1. The Kier molecular flexibility index (Phi) is 8.47. The van der Waals surface area contributed by atoms with Gasteiger partial charge in [-0.25, -0.2) is 8.78 Å². The number of methoxy groups -OCH3 is 1. The summed E-state index contributed by atoms with van der Waals surface area (Å²) >= 11 is 0. The molecule has 3 rings (SSSR count). The molecule has 0 fully saturated rings. The number of nitrogens with one attached hydrogen (secondary N) is 3. The fourth-order valence-electron chi connectivity index (χ4n) is 3.01. The van der Waals surface area contributed by atoms with Crippen LogP contribution in [0.25, 0.3) is 0 Å². The lowest BCUT2D eigenvalue weighted by Crippen LogP contribution is -2.33. The van der Waals surface area contributed by atoms with Crippen LogP contribution >= 0.6 is 0 Å². The Labute approximate surface area is 193 Å². The molecule has 0 saturated carbocycles. The van der Waals surface area contributed by atoms with E-state index < -0.39 is 28.9 Å². The van der Waals surface area contributed by atoms with Gasteiger partial charge in [-0.3, -0.25) is 14.4 Å². The number of hydrogen-bond donors (Lipinski definition) is 3. The van der Waals surface area contributed by atoms with Crippen molar-refractivity contribution in [3.05, 3.63) is 99.0 Å². The Morgan fingerprint density at radius 3 is 2.50 bits per heavy atom. The molecule has 0 bridgehead atoms. The Balaban J connectivity index is 1.84. The minimum absolute atomic E-state index is 0.0197. The third kappa shape index (κ3) is 6.26. The molecule has 2 aromatic carbocycles. The maximum absolute atomic E-state index is 13.8. The average molecular weight is 471 g/mol. The number of aromatic amines is 1. The fraction of sp³-hybridized carbons (Fsp3) is 0.208. The zero-order chi connectivity index (χ0) is 24.5. The first-order valence-electron chi connectivity index (χ1n) is 10.3. The smallest absolute Gasteiger partial charge is 0.271 e. The minimum atomic E-state index is -0.829. The number of amides is 2. The number of pyridine rings is 1. The van der Waals surface area contributed by atoms with Gasteiger partial charge in [-0.2, -0.15) is 0 Å². The van der Waals surface area contributed by atoms with Gasteiger partial charge >= 0.3 is 0 Å². The Hall–Kier alpha value is -4.05. The van der Waals surface area contributed by atoms with Crippen molar-refractivity contribution in [2.45, 2.75) is 13.2 Å². The SMILES string of the molecule is COCCNC(=O)c1[nH]cc(C(=O)NCc2ccc(F)cc2F)c(=O)c1OCc1ccccc1. The normalized spacial score (nSPS) is 10.6. The average Bonchev–Trinajstić information content (AvgIpc) is 2.83. The standard InChI is InChI=1S/C24H23F2N3O5/c1-33-10-9-27-24(32)20-22(34-14-15-5-3-2-4-6-15)21(30)18(13-28-20)23(31)29-12-16-7-8-17(25)11-19(16)26/h2-8,11,13H,9-10,12,14H2,1H3,(H,27,32)(H,28,30)(H,29,31). The van der Waals surface area contributed by atoms with Gasteiger partial charge in [0.1, 0.15) is 23.8 Å². The van der Waals surface area contributed by atoms with Crippen LogP contribution in [-0.4, -0.2) is 37.1 Å². The molecular formula is C24H23F2N3O5. The molecule has 0 atom stereocenters. The second-order valence-corrected chi connectivity index (χ2v) is 7.18. The van der Waals surface area contributed by atoms with Gasteiger partial charge in [0, 0.05) is 38.0 Å². The molecule has 178 valence electrons. The monoisotopic (exact) mass is 471 g/mol. The molecule has 3 aromatic rings. The van der Waals surface area contributed by atoms with Crippen LogP contribution in [0.2, 0.25) is 0 Å². The van der Waals surface area contributed by atoms with Gasteiger partial charge in [0.05, 0.1) is 6.61 Å². The van der Waals surface area contributed by atoms with Crippen LogP contribution in [0.5, 0.6) is 5.75 Å². The molecule has 0 aliphatic heterocycles. The zero-order valence-electron chi connectivity index (χ0n) is 18.3. The first-order valence-corrected chi connectivity index (χ1v) is 10.3. The van der Waals surface area contributed by atoms with Crippen molar-refractivity contribution >= 4 is 11.8 Å². The van der Waals surface area contributed by atoms with E-state index in [2.05, 4.69) is 15.6 Å². The van der Waals surface area contributed by atoms with Gasteiger partial charge in [-0.15, -0.1) is 0 Å². The summed E-state index contributed by atoms with van der Waals surface area (Å²) in [5.41, 5.74) is -0.518. The van der Waals surface area contributed by atoms with Crippen LogP contribution in [0.15, 0.2) is 59.5 Å². The second kappa shape index (κ2) is 11.7. The summed E-state index contributed by atoms with van der Waals surface area (Å²) in [6.45, 7) is 0.162. The molecular weight excluding hydrogens is 448 g/mol. The number of carbonyl (C=O) groups excluding carboxylic acids is 2. The van der Waals surface area contributed by atoms with E-state index in [4.69, 9.17) is 9.47 Å². The number of halogens is 2. The second-order valence-electron chi connectivity index (χ2n) is 7.18. The number of rotatable bonds is 10. The summed E-state index contributed by atoms with van der Waals surface area (Å²) in [6.07, 6.45) is 1.08. The highest BCUT2D eigenvalue weighted by molar-refractivity contribution is 5.98. The van der Waals surface area contributed by atoms with E-state index in [9.17, 15) is 23.2 Å². The maximum Gasteiger partial charge on any atom is 0.271 e. The van der Waals surface area contributed by atoms with Crippen LogP contribution < -0.4 is 20.8 Å². The molecule has 0 saturated heterocycles. The highest BCUT2D eigenvalue weighted by Crippen LogP contribution is 2.15. The summed E-state index contributed by atoms with van der Waals surface area (Å²) in [5, 5.41) is 5.00. The van der Waals surface area contributed by atoms with Crippen LogP contribution in [0.4, 0.5) is 8.78 Å². The van der Waals surface area contributed by atoms with Gasteiger partial charge < -0.3 is 25.1 Å². The van der Waals surface area contributed by atoms with E-state index in [-0.39, 0.29) is 48.9 Å². The van der Waals surface area contributed by atoms with Gasteiger partial charge in [0.15, 0.2) is 11.4 Å². The third-order valence-electron chi connectivity index (χ3n) is 4.78. The maximum atomic E-state index is 13.8. The number of hydrogen-bond acceptors (Lipinski definition) is 5. The summed E-state index contributed by atoms with van der Waals surface area (Å²) in [6, 6.07) is 11.9. The molecule has 1 heterocycles. The molecule has 2 amide bonds. The minimum Gasteiger partial charge on any atom is -0.483 e. The summed E-state index contributed by atoms with van der Waals surface area (Å²) in [4.78, 5) is 40.9. The van der Waals surface area contributed by atoms with Gasteiger partial charge in [-0.1, -0.05) is 36.4 Å². The molecule has 0 aliphatic carbocycles. The van der Waals surface area contributed by atoms with Crippen molar-refractivity contribution in [1.82, 2.24) is 15.6 Å². The Morgan fingerprint density at radius 2 is 1.79 bits per heavy atom. The van der Waals surface area contributed by atoms with E-state index in [1.54, 1.807) is 24.3 Å². The van der Waals surface area contributed by atoms with E-state index >= 15 is 0 Å². The van der Waals surface area contributed by atoms with Crippen molar-refractivity contribution < 1.29 is 27.8 Å². The number of ether oxygens (including phenoxy) is 2. The fourth-order valence-corrected chi connectivity index (χ4v) is 3.01. The first kappa shape index (κ1) is 24.6. The summed E-state index contributed by atoms with van der Waals surface area (Å²) in [7, 11) is 1.48. The molecule has 0 aliphatic rings. The van der Waals surface area contributed by atoms with Crippen LogP contribution in [0.3, 0.4) is 0 Å². The topological polar surface area (TPSA) is 110 Å². The lowest BCUT2D eigenvalue weighted by molar-refractivity contribution is 0.0919. The number of H-pyrrole nitrogens is 1. The van der Waals surface area contributed by atoms with Crippen molar-refractivity contribution in [3.8, 4) is 5.75 Å². The van der Waals surface area contributed by atoms with Crippen molar-refractivity contribution in [3.63, 3.8) is 0 Å². The van der Waals surface area contributed by atoms with Crippen molar-refractivity contribution in [2.24, 2.45) is 0 Å². The van der Waals surface area contributed by atoms with Gasteiger partial charge in [-0.05, 0) is 11.6 Å². The summed E-state index contributed by atoms with van der Waals surface area (Å²) < 4.78 is 37.5. The van der Waals surface area contributed by atoms with Gasteiger partial charge in [0.25, 0.3) is 11.8 Å². The molecule has 0 unspecified atom stereocenters. The highest BCUT2D eigenvalue weighted by atomic mass is 19.1. The largest absolute Gasteiger partial charge is 0.483 e. The molecule has 34 heavy (non-hydrogen) atoms. The van der Waals surface area contributed by atoms with Crippen LogP contribution in [0.1, 0.15) is 32.0 Å². The van der Waals surface area contributed by atoms with E-state index in [1.807, 2.05) is 6.07 Å². The first-order chi connectivity index (χ1) is 16.4. The highest BCUT2D eigenvalue weighted by Gasteiger charge is 2.22. The van der Waals surface area contributed by atoms with Crippen LogP contribution in [-0.2, 0) is 17.9 Å². The number of benzene rings is 2. The molecule has 1 aromatic heterocycles. The predicted molar refractivity (Wildman–Crippen MR) is 120 cm³/mol. The lowest BCUT2D eigenvalue weighted by atomic mass is 10.1. The zero-order valence-corrected chi connectivity index (χ0v) is 18.3. The lowest BCUT2D eigenvalue weighted by Gasteiger charge is -2.13. The predicted octanol–water partition coefficient (Wildman–Crippen LogP) is 2.54. The third-order valence-corrected chi connectivity index (χ3v) is 4.78. The van der Waals surface area contributed by atoms with E-state index in [1.165, 1.54) is 13.2 Å². The molecule has 8 nitrogen and oxygen atoms in total. The molecule has 0 spiro atoms.